The van der Waals surface area contributed by atoms with E-state index < -0.39 is 10.0 Å². The van der Waals surface area contributed by atoms with Crippen molar-refractivity contribution in [1.82, 2.24) is 19.2 Å². The first kappa shape index (κ1) is 19.3. The second-order valence-electron chi connectivity index (χ2n) is 7.30. The van der Waals surface area contributed by atoms with Gasteiger partial charge in [0.25, 0.3) is 5.56 Å². The Morgan fingerprint density at radius 1 is 1.39 bits per heavy atom. The van der Waals surface area contributed by atoms with Crippen LogP contribution in [0.4, 0.5) is 0 Å². The number of thiophene rings is 1. The Morgan fingerprint density at radius 2 is 2.21 bits per heavy atom. The van der Waals surface area contributed by atoms with Crippen LogP contribution in [-0.4, -0.2) is 59.4 Å². The molecule has 8 nitrogen and oxygen atoms in total. The lowest BCUT2D eigenvalue weighted by atomic mass is 10.1. The molecule has 0 bridgehead atoms. The van der Waals surface area contributed by atoms with Gasteiger partial charge in [-0.1, -0.05) is 6.07 Å². The third-order valence-electron chi connectivity index (χ3n) is 5.36. The molecule has 0 aliphatic carbocycles. The summed E-state index contributed by atoms with van der Waals surface area (Å²) >= 11 is 1.57. The van der Waals surface area contributed by atoms with Gasteiger partial charge in [0.2, 0.25) is 15.9 Å². The lowest BCUT2D eigenvalue weighted by molar-refractivity contribution is -0.129. The van der Waals surface area contributed by atoms with Gasteiger partial charge in [-0.3, -0.25) is 9.59 Å². The molecule has 0 unspecified atom stereocenters. The van der Waals surface area contributed by atoms with Crippen molar-refractivity contribution in [3.63, 3.8) is 0 Å². The third kappa shape index (κ3) is 3.89. The molecular formula is C18H22N4O4S2. The summed E-state index contributed by atoms with van der Waals surface area (Å²) in [6.45, 7) is 1.57. The van der Waals surface area contributed by atoms with Crippen LogP contribution in [0.15, 0.2) is 22.3 Å². The van der Waals surface area contributed by atoms with Crippen LogP contribution in [0.3, 0.4) is 0 Å². The van der Waals surface area contributed by atoms with Crippen molar-refractivity contribution in [2.45, 2.75) is 31.7 Å². The van der Waals surface area contributed by atoms with Crippen LogP contribution in [0, 0.1) is 0 Å². The molecule has 4 heterocycles. The van der Waals surface area contributed by atoms with Gasteiger partial charge in [0.15, 0.2) is 0 Å². The molecule has 0 spiro atoms. The minimum Gasteiger partial charge on any atom is -0.342 e. The number of aromatic amines is 1. The first-order valence-electron chi connectivity index (χ1n) is 9.18. The summed E-state index contributed by atoms with van der Waals surface area (Å²) in [5.74, 6) is 0.581. The zero-order valence-corrected chi connectivity index (χ0v) is 17.2. The van der Waals surface area contributed by atoms with E-state index in [1.807, 2.05) is 22.4 Å². The summed E-state index contributed by atoms with van der Waals surface area (Å²) in [5.41, 5.74) is 0.891. The maximum atomic E-state index is 12.5. The normalized spacial score (nSPS) is 20.3. The molecule has 150 valence electrons. The van der Waals surface area contributed by atoms with Crippen LogP contribution in [0.2, 0.25) is 0 Å². The van der Waals surface area contributed by atoms with E-state index >= 15 is 0 Å². The molecular weight excluding hydrogens is 400 g/mol. The van der Waals surface area contributed by atoms with Crippen LogP contribution in [-0.2, 0) is 34.2 Å². The van der Waals surface area contributed by atoms with Crippen LogP contribution < -0.4 is 5.56 Å². The summed E-state index contributed by atoms with van der Waals surface area (Å²) in [6, 6.07) is 3.88. The molecule has 1 amide bonds. The van der Waals surface area contributed by atoms with Crippen molar-refractivity contribution < 1.29 is 13.2 Å². The molecule has 1 fully saturated rings. The Hall–Kier alpha value is -2.04. The molecule has 1 saturated heterocycles. The molecule has 0 radical (unpaired) electrons. The number of sulfonamides is 1. The number of likely N-dealkylation sites (tertiary alicyclic amines) is 1. The molecule has 2 aliphatic rings. The number of hydrogen-bond donors (Lipinski definition) is 1. The fraction of sp³-hybridized carbons (Fsp3) is 0.500. The van der Waals surface area contributed by atoms with Gasteiger partial charge >= 0.3 is 0 Å². The van der Waals surface area contributed by atoms with Gasteiger partial charge < -0.3 is 9.88 Å². The van der Waals surface area contributed by atoms with Gasteiger partial charge in [-0.15, -0.1) is 11.3 Å². The van der Waals surface area contributed by atoms with Crippen LogP contribution in [0.5, 0.6) is 0 Å². The Morgan fingerprint density at radius 3 is 2.93 bits per heavy atom. The van der Waals surface area contributed by atoms with Crippen molar-refractivity contribution in [3.05, 3.63) is 49.8 Å². The lowest BCUT2D eigenvalue weighted by Gasteiger charge is -2.26. The van der Waals surface area contributed by atoms with Crippen molar-refractivity contribution in [2.75, 3.05) is 25.9 Å². The standard InChI is InChI=1S/C18H22N4O4S2/c1-28(25,26)22-7-5-14-15(11-22)19-17(20-18(14)24)12-4-6-21(10-12)16(23)9-13-3-2-8-27-13/h2-3,8,12H,4-7,9-11H2,1H3,(H,19,20,24)/t12-/m1/s1. The minimum atomic E-state index is -3.33. The molecule has 2 aromatic rings. The smallest absolute Gasteiger partial charge is 0.254 e. The summed E-state index contributed by atoms with van der Waals surface area (Å²) in [5, 5.41) is 1.96. The van der Waals surface area contributed by atoms with E-state index in [0.29, 0.717) is 49.6 Å². The maximum absolute atomic E-state index is 12.5. The highest BCUT2D eigenvalue weighted by molar-refractivity contribution is 7.88. The van der Waals surface area contributed by atoms with E-state index in [4.69, 9.17) is 0 Å². The van der Waals surface area contributed by atoms with Crippen LogP contribution in [0.25, 0.3) is 0 Å². The fourth-order valence-corrected chi connectivity index (χ4v) is 5.27. The number of carbonyl (C=O) groups is 1. The van der Waals surface area contributed by atoms with Gasteiger partial charge in [0, 0.05) is 36.0 Å². The zero-order valence-electron chi connectivity index (χ0n) is 15.6. The quantitative estimate of drug-likeness (QED) is 0.782. The summed E-state index contributed by atoms with van der Waals surface area (Å²) in [4.78, 5) is 35.3. The van der Waals surface area contributed by atoms with Gasteiger partial charge in [0.05, 0.1) is 24.9 Å². The Balaban J connectivity index is 1.50. The minimum absolute atomic E-state index is 0.0427. The van der Waals surface area contributed by atoms with Gasteiger partial charge in [-0.05, 0) is 24.3 Å². The lowest BCUT2D eigenvalue weighted by Crippen LogP contribution is -2.39. The van der Waals surface area contributed by atoms with Gasteiger partial charge in [-0.2, -0.15) is 4.31 Å². The predicted molar refractivity (Wildman–Crippen MR) is 106 cm³/mol. The average Bonchev–Trinajstić information content (AvgIpc) is 3.32. The van der Waals surface area contributed by atoms with E-state index in [0.717, 1.165) is 11.3 Å². The predicted octanol–water partition coefficient (Wildman–Crippen LogP) is 0.708. The number of carbonyl (C=O) groups excluding carboxylic acids is 1. The molecule has 0 saturated carbocycles. The molecule has 2 aliphatic heterocycles. The van der Waals surface area contributed by atoms with Crippen molar-refractivity contribution >= 4 is 27.3 Å². The van der Waals surface area contributed by atoms with E-state index in [1.54, 1.807) is 11.3 Å². The molecule has 2 aromatic heterocycles. The highest BCUT2D eigenvalue weighted by Gasteiger charge is 2.31. The van der Waals surface area contributed by atoms with Gasteiger partial charge in [0.1, 0.15) is 5.82 Å². The van der Waals surface area contributed by atoms with Crippen LogP contribution in [0.1, 0.15) is 34.3 Å². The number of nitrogens with zero attached hydrogens (tertiary/aromatic N) is 3. The second kappa shape index (κ2) is 7.41. The molecule has 28 heavy (non-hydrogen) atoms. The molecule has 10 heteroatoms. The molecule has 1 N–H and O–H groups in total. The third-order valence-corrected chi connectivity index (χ3v) is 7.49. The average molecular weight is 423 g/mol. The Bertz CT molecular complexity index is 1050. The Kier molecular flexibility index (Phi) is 5.11. The maximum Gasteiger partial charge on any atom is 0.254 e. The number of fused-ring (bicyclic) bond motifs is 1. The summed E-state index contributed by atoms with van der Waals surface area (Å²) in [7, 11) is -3.33. The van der Waals surface area contributed by atoms with Crippen molar-refractivity contribution in [3.8, 4) is 0 Å². The number of H-pyrrole nitrogens is 1. The second-order valence-corrected chi connectivity index (χ2v) is 10.3. The monoisotopic (exact) mass is 422 g/mol. The molecule has 4 rings (SSSR count). The number of amides is 1. The molecule has 0 aromatic carbocycles. The van der Waals surface area contributed by atoms with E-state index in [-0.39, 0.29) is 23.9 Å². The van der Waals surface area contributed by atoms with Gasteiger partial charge in [-0.25, -0.2) is 13.4 Å². The van der Waals surface area contributed by atoms with Crippen molar-refractivity contribution in [1.29, 1.82) is 0 Å². The number of rotatable bonds is 4. The summed E-state index contributed by atoms with van der Waals surface area (Å²) < 4.78 is 25.0. The van der Waals surface area contributed by atoms with E-state index in [9.17, 15) is 18.0 Å². The zero-order chi connectivity index (χ0) is 19.9. The SMILES string of the molecule is CS(=O)(=O)N1CCc2c(nc([C@@H]3CCN(C(=O)Cc4cccs4)C3)[nH]c2=O)C1. The number of hydrogen-bond acceptors (Lipinski definition) is 6. The van der Waals surface area contributed by atoms with E-state index in [1.165, 1.54) is 10.6 Å². The topological polar surface area (TPSA) is 103 Å². The fourth-order valence-electron chi connectivity index (χ4n) is 3.80. The van der Waals surface area contributed by atoms with E-state index in [2.05, 4.69) is 9.97 Å². The number of aromatic nitrogens is 2. The number of nitrogens with one attached hydrogen (secondary N) is 1. The first-order valence-corrected chi connectivity index (χ1v) is 11.9. The molecule has 1 atom stereocenters. The van der Waals surface area contributed by atoms with Crippen LogP contribution >= 0.6 is 11.3 Å². The summed E-state index contributed by atoms with van der Waals surface area (Å²) in [6.07, 6.45) is 2.65. The highest BCUT2D eigenvalue weighted by Crippen LogP contribution is 2.26. The van der Waals surface area contributed by atoms with Crippen molar-refractivity contribution in [2.24, 2.45) is 0 Å². The first-order chi connectivity index (χ1) is 13.3. The largest absolute Gasteiger partial charge is 0.342 e. The highest BCUT2D eigenvalue weighted by atomic mass is 32.2. The Labute approximate surface area is 167 Å².